The lowest BCUT2D eigenvalue weighted by atomic mass is 9.94. The minimum Gasteiger partial charge on any atom is -0.505 e. The van der Waals surface area contributed by atoms with Gasteiger partial charge in [0.2, 0.25) is 0 Å². The van der Waals surface area contributed by atoms with Crippen LogP contribution in [-0.2, 0) is 0 Å². The summed E-state index contributed by atoms with van der Waals surface area (Å²) in [5.41, 5.74) is 0.380. The minimum atomic E-state index is -0.666. The molecule has 30 heavy (non-hydrogen) atoms. The second-order valence-corrected chi connectivity index (χ2v) is 7.57. The van der Waals surface area contributed by atoms with Gasteiger partial charge in [0.05, 0.1) is 11.3 Å². The van der Waals surface area contributed by atoms with E-state index in [0.717, 1.165) is 5.56 Å². The van der Waals surface area contributed by atoms with E-state index in [-0.39, 0.29) is 46.2 Å². The zero-order valence-corrected chi connectivity index (χ0v) is 17.4. The maximum atomic E-state index is 12.2. The molecule has 0 heterocycles. The largest absolute Gasteiger partial charge is 0.505 e. The third-order valence-corrected chi connectivity index (χ3v) is 5.29. The van der Waals surface area contributed by atoms with Gasteiger partial charge in [-0.25, -0.2) is 0 Å². The van der Waals surface area contributed by atoms with Crippen molar-refractivity contribution in [2.75, 3.05) is 24.7 Å². The molecule has 2 unspecified atom stereocenters. The molecule has 7 heteroatoms. The van der Waals surface area contributed by atoms with Gasteiger partial charge in [-0.05, 0) is 24.6 Å². The number of amides is 1. The molecule has 0 spiro atoms. The van der Waals surface area contributed by atoms with Crippen molar-refractivity contribution in [1.82, 2.24) is 4.90 Å². The van der Waals surface area contributed by atoms with E-state index in [9.17, 15) is 19.5 Å². The van der Waals surface area contributed by atoms with Crippen LogP contribution in [0.1, 0.15) is 35.7 Å². The van der Waals surface area contributed by atoms with Crippen molar-refractivity contribution >= 4 is 23.0 Å². The Hall–Kier alpha value is -3.61. The van der Waals surface area contributed by atoms with Gasteiger partial charge in [-0.3, -0.25) is 14.4 Å². The van der Waals surface area contributed by atoms with Crippen molar-refractivity contribution in [3.8, 4) is 5.75 Å². The van der Waals surface area contributed by atoms with Crippen LogP contribution in [0.2, 0.25) is 0 Å². The van der Waals surface area contributed by atoms with Crippen LogP contribution in [0.3, 0.4) is 0 Å². The van der Waals surface area contributed by atoms with Crippen LogP contribution in [0.4, 0.5) is 17.1 Å². The lowest BCUT2D eigenvalue weighted by Gasteiger charge is -2.25. The molecule has 156 valence electrons. The Morgan fingerprint density at radius 2 is 1.57 bits per heavy atom. The molecule has 0 bridgehead atoms. The monoisotopic (exact) mass is 407 g/mol. The van der Waals surface area contributed by atoms with Gasteiger partial charge in [0.25, 0.3) is 16.8 Å². The lowest BCUT2D eigenvalue weighted by Crippen LogP contribution is -2.39. The van der Waals surface area contributed by atoms with E-state index >= 15 is 0 Å². The Balaban J connectivity index is 1.84. The van der Waals surface area contributed by atoms with Gasteiger partial charge in [-0.1, -0.05) is 43.3 Å². The van der Waals surface area contributed by atoms with Crippen LogP contribution in [0.5, 0.6) is 5.75 Å². The SMILES string of the molecule is CC(Nc1c(Nc2cccc(C(=O)N(C)C)c2O)c(=O)c1=O)C(C)c1ccccc1. The van der Waals surface area contributed by atoms with E-state index in [4.69, 9.17) is 0 Å². The summed E-state index contributed by atoms with van der Waals surface area (Å²) in [6.45, 7) is 3.97. The number of nitrogens with zero attached hydrogens (tertiary/aromatic N) is 1. The normalized spacial score (nSPS) is 12.9. The zero-order chi connectivity index (χ0) is 22.0. The summed E-state index contributed by atoms with van der Waals surface area (Å²) in [6, 6.07) is 14.4. The molecule has 0 radical (unpaired) electrons. The topological polar surface area (TPSA) is 98.7 Å². The van der Waals surface area contributed by atoms with Crippen molar-refractivity contribution < 1.29 is 9.90 Å². The van der Waals surface area contributed by atoms with Crippen molar-refractivity contribution in [1.29, 1.82) is 0 Å². The van der Waals surface area contributed by atoms with Crippen LogP contribution in [-0.4, -0.2) is 36.1 Å². The van der Waals surface area contributed by atoms with E-state index in [1.165, 1.54) is 11.0 Å². The number of hydrogen-bond acceptors (Lipinski definition) is 6. The first kappa shape index (κ1) is 21.1. The maximum Gasteiger partial charge on any atom is 0.257 e. The number of benzene rings is 2. The first-order valence-corrected chi connectivity index (χ1v) is 9.67. The molecule has 0 fully saturated rings. The fraction of sp³-hybridized carbons (Fsp3) is 0.261. The van der Waals surface area contributed by atoms with Crippen molar-refractivity contribution in [2.45, 2.75) is 25.8 Å². The third kappa shape index (κ3) is 3.91. The molecule has 0 aliphatic rings. The van der Waals surface area contributed by atoms with E-state index in [1.807, 2.05) is 44.2 Å². The van der Waals surface area contributed by atoms with Crippen LogP contribution < -0.4 is 21.5 Å². The molecule has 2 atom stereocenters. The number of phenolic OH excluding ortho intramolecular Hbond substituents is 1. The predicted octanol–water partition coefficient (Wildman–Crippen LogP) is 3.04. The van der Waals surface area contributed by atoms with Gasteiger partial charge in [-0.15, -0.1) is 0 Å². The Morgan fingerprint density at radius 3 is 2.20 bits per heavy atom. The number of hydrogen-bond donors (Lipinski definition) is 3. The Morgan fingerprint density at radius 1 is 0.933 bits per heavy atom. The summed E-state index contributed by atoms with van der Waals surface area (Å²) < 4.78 is 0. The first-order valence-electron chi connectivity index (χ1n) is 9.67. The summed E-state index contributed by atoms with van der Waals surface area (Å²) in [7, 11) is 3.16. The quantitative estimate of drug-likeness (QED) is 0.411. The number of phenols is 1. The summed E-state index contributed by atoms with van der Waals surface area (Å²) in [4.78, 5) is 37.9. The van der Waals surface area contributed by atoms with Gasteiger partial charge >= 0.3 is 0 Å². The van der Waals surface area contributed by atoms with E-state index < -0.39 is 10.9 Å². The van der Waals surface area contributed by atoms with Gasteiger partial charge in [-0.2, -0.15) is 0 Å². The van der Waals surface area contributed by atoms with Gasteiger partial charge in [0, 0.05) is 26.1 Å². The smallest absolute Gasteiger partial charge is 0.257 e. The second-order valence-electron chi connectivity index (χ2n) is 7.57. The Bertz CT molecular complexity index is 1130. The molecule has 0 aromatic heterocycles. The highest BCUT2D eigenvalue weighted by molar-refractivity contribution is 5.99. The summed E-state index contributed by atoms with van der Waals surface area (Å²) in [5, 5.41) is 16.4. The lowest BCUT2D eigenvalue weighted by molar-refractivity contribution is 0.0824. The van der Waals surface area contributed by atoms with Crippen LogP contribution in [0.25, 0.3) is 0 Å². The molecule has 0 saturated heterocycles. The molecule has 3 rings (SSSR count). The standard InChI is InChI=1S/C23H25N3O4/c1-13(15-9-6-5-7-10-15)14(2)24-18-19(22(29)21(18)28)25-17-12-8-11-16(20(17)27)23(30)26(3)4/h5-14,24-25,27H,1-4H3. The fourth-order valence-corrected chi connectivity index (χ4v) is 3.24. The van der Waals surface area contributed by atoms with E-state index in [2.05, 4.69) is 10.6 Å². The van der Waals surface area contributed by atoms with Gasteiger partial charge < -0.3 is 20.6 Å². The molecule has 0 aliphatic heterocycles. The molecular formula is C23H25N3O4. The van der Waals surface area contributed by atoms with Crippen LogP contribution in [0, 0.1) is 0 Å². The first-order chi connectivity index (χ1) is 14.2. The van der Waals surface area contributed by atoms with Crippen molar-refractivity contribution in [3.05, 3.63) is 80.1 Å². The number of rotatable bonds is 7. The van der Waals surface area contributed by atoms with Gasteiger partial charge in [0.1, 0.15) is 11.4 Å². The average Bonchev–Trinajstić information content (AvgIpc) is 2.76. The highest BCUT2D eigenvalue weighted by Crippen LogP contribution is 2.32. The van der Waals surface area contributed by atoms with Gasteiger partial charge in [0.15, 0.2) is 5.75 Å². The fourth-order valence-electron chi connectivity index (χ4n) is 3.24. The molecule has 0 aliphatic carbocycles. The predicted molar refractivity (Wildman–Crippen MR) is 119 cm³/mol. The number of anilines is 3. The highest BCUT2D eigenvalue weighted by Gasteiger charge is 2.26. The molecule has 3 aromatic rings. The van der Waals surface area contributed by atoms with Crippen molar-refractivity contribution in [3.63, 3.8) is 0 Å². The molecular weight excluding hydrogens is 382 g/mol. The van der Waals surface area contributed by atoms with Crippen LogP contribution in [0.15, 0.2) is 58.1 Å². The molecule has 7 nitrogen and oxygen atoms in total. The zero-order valence-electron chi connectivity index (χ0n) is 17.4. The number of carbonyl (C=O) groups excluding carboxylic acids is 1. The Labute approximate surface area is 174 Å². The highest BCUT2D eigenvalue weighted by atomic mass is 16.3. The molecule has 1 amide bonds. The van der Waals surface area contributed by atoms with Crippen LogP contribution >= 0.6 is 0 Å². The number of carbonyl (C=O) groups is 1. The van der Waals surface area contributed by atoms with E-state index in [1.54, 1.807) is 26.2 Å². The Kier molecular flexibility index (Phi) is 5.91. The summed E-state index contributed by atoms with van der Waals surface area (Å²) >= 11 is 0. The number of para-hydroxylation sites is 1. The third-order valence-electron chi connectivity index (χ3n) is 5.29. The second kappa shape index (κ2) is 8.41. The molecule has 0 saturated carbocycles. The molecule has 3 N–H and O–H groups in total. The van der Waals surface area contributed by atoms with Crippen molar-refractivity contribution in [2.24, 2.45) is 0 Å². The maximum absolute atomic E-state index is 12.2. The summed E-state index contributed by atoms with van der Waals surface area (Å²) in [6.07, 6.45) is 0. The number of nitrogens with one attached hydrogen (secondary N) is 2. The summed E-state index contributed by atoms with van der Waals surface area (Å²) in [5.74, 6) is -0.552. The average molecular weight is 407 g/mol. The van der Waals surface area contributed by atoms with E-state index in [0.29, 0.717) is 0 Å². The molecule has 3 aromatic carbocycles. The minimum absolute atomic E-state index is 0.0804. The number of aromatic hydroxyl groups is 1.